The van der Waals surface area contributed by atoms with Crippen LogP contribution < -0.4 is 11.1 Å². The third-order valence-electron chi connectivity index (χ3n) is 5.14. The monoisotopic (exact) mass is 387 g/mol. The van der Waals surface area contributed by atoms with E-state index in [2.05, 4.69) is 10.2 Å². The largest absolute Gasteiger partial charge is 0.366 e. The third kappa shape index (κ3) is 3.65. The highest BCUT2D eigenvalue weighted by Gasteiger charge is 2.35. The Morgan fingerprint density at radius 1 is 1.15 bits per heavy atom. The number of hydrogen-bond donors (Lipinski definition) is 2. The Balaban J connectivity index is 1.43. The van der Waals surface area contributed by atoms with E-state index in [0.29, 0.717) is 16.4 Å². The maximum absolute atomic E-state index is 12.6. The lowest BCUT2D eigenvalue weighted by Gasteiger charge is -2.44. The number of piperidine rings is 3. The lowest BCUT2D eigenvalue weighted by atomic mass is 9.84. The Hall–Kier alpha value is -1.83. The summed E-state index contributed by atoms with van der Waals surface area (Å²) in [6.07, 6.45) is 2.36. The summed E-state index contributed by atoms with van der Waals surface area (Å²) in [5.74, 6) is 0.175. The Morgan fingerprint density at radius 3 is 2.62 bits per heavy atom. The molecule has 3 fully saturated rings. The number of nitrogens with zero attached hydrogens (tertiary/aromatic N) is 1. The van der Waals surface area contributed by atoms with Crippen LogP contribution in [-0.4, -0.2) is 42.4 Å². The van der Waals surface area contributed by atoms with Crippen molar-refractivity contribution in [2.45, 2.75) is 28.0 Å². The summed E-state index contributed by atoms with van der Waals surface area (Å²) in [6, 6.07) is 11.3. The number of amides is 2. The number of nitrogens with two attached hydrogens (primary N) is 1. The van der Waals surface area contributed by atoms with Crippen molar-refractivity contribution in [2.75, 3.05) is 19.6 Å². The van der Waals surface area contributed by atoms with Crippen LogP contribution in [0.3, 0.4) is 0 Å². The van der Waals surface area contributed by atoms with Crippen LogP contribution in [0.25, 0.3) is 0 Å². The minimum absolute atomic E-state index is 0.00351. The average Bonchev–Trinajstić information content (AvgIpc) is 3.12. The van der Waals surface area contributed by atoms with Gasteiger partial charge in [0, 0.05) is 17.5 Å². The molecule has 7 heteroatoms. The Morgan fingerprint density at radius 2 is 1.92 bits per heavy atom. The van der Waals surface area contributed by atoms with Crippen LogP contribution in [0.4, 0.5) is 0 Å². The van der Waals surface area contributed by atoms with E-state index in [-0.39, 0.29) is 11.9 Å². The highest BCUT2D eigenvalue weighted by molar-refractivity contribution is 8.01. The van der Waals surface area contributed by atoms with Crippen molar-refractivity contribution in [1.82, 2.24) is 10.2 Å². The molecule has 3 aliphatic rings. The van der Waals surface area contributed by atoms with Crippen molar-refractivity contribution in [2.24, 2.45) is 11.7 Å². The average molecular weight is 388 g/mol. The van der Waals surface area contributed by atoms with Crippen LogP contribution in [0.15, 0.2) is 45.5 Å². The van der Waals surface area contributed by atoms with Gasteiger partial charge in [0.25, 0.3) is 5.91 Å². The molecule has 1 aromatic carbocycles. The van der Waals surface area contributed by atoms with Gasteiger partial charge in [-0.3, -0.25) is 9.59 Å². The topological polar surface area (TPSA) is 75.4 Å². The predicted molar refractivity (Wildman–Crippen MR) is 104 cm³/mol. The molecule has 5 nitrogen and oxygen atoms in total. The Labute approximate surface area is 160 Å². The van der Waals surface area contributed by atoms with Crippen molar-refractivity contribution in [3.8, 4) is 0 Å². The molecule has 136 valence electrons. The maximum atomic E-state index is 12.6. The van der Waals surface area contributed by atoms with Gasteiger partial charge in [-0.05, 0) is 56.1 Å². The zero-order valence-corrected chi connectivity index (χ0v) is 15.9. The molecule has 0 aliphatic carbocycles. The number of hydrogen-bond acceptors (Lipinski definition) is 5. The van der Waals surface area contributed by atoms with Gasteiger partial charge in [-0.25, -0.2) is 0 Å². The first-order valence-electron chi connectivity index (χ1n) is 8.80. The first-order chi connectivity index (χ1) is 12.6. The van der Waals surface area contributed by atoms with E-state index in [1.54, 1.807) is 12.1 Å². The predicted octanol–water partition coefficient (Wildman–Crippen LogP) is 2.82. The quantitative estimate of drug-likeness (QED) is 0.827. The number of rotatable bonds is 5. The van der Waals surface area contributed by atoms with Gasteiger partial charge in [0.1, 0.15) is 0 Å². The molecular formula is C19H21N3O2S2. The fourth-order valence-electron chi connectivity index (χ4n) is 3.73. The second kappa shape index (κ2) is 7.42. The Kier molecular flexibility index (Phi) is 5.02. The highest BCUT2D eigenvalue weighted by atomic mass is 32.2. The summed E-state index contributed by atoms with van der Waals surface area (Å²) in [4.78, 5) is 28.1. The van der Waals surface area contributed by atoms with Crippen molar-refractivity contribution in [3.63, 3.8) is 0 Å². The zero-order chi connectivity index (χ0) is 18.1. The molecule has 1 aromatic heterocycles. The molecule has 2 aromatic rings. The number of benzene rings is 1. The van der Waals surface area contributed by atoms with E-state index in [1.807, 2.05) is 24.3 Å². The molecule has 3 aliphatic heterocycles. The fraction of sp³-hybridized carbons (Fsp3) is 0.368. The first kappa shape index (κ1) is 17.6. The maximum Gasteiger partial charge on any atom is 0.261 e. The van der Waals surface area contributed by atoms with Gasteiger partial charge in [-0.2, -0.15) is 0 Å². The summed E-state index contributed by atoms with van der Waals surface area (Å²) in [5.41, 5.74) is 5.94. The minimum atomic E-state index is -0.440. The molecule has 3 N–H and O–H groups in total. The van der Waals surface area contributed by atoms with Gasteiger partial charge in [0.2, 0.25) is 5.91 Å². The molecule has 2 bridgehead atoms. The van der Waals surface area contributed by atoms with Crippen molar-refractivity contribution in [1.29, 1.82) is 0 Å². The van der Waals surface area contributed by atoms with Gasteiger partial charge < -0.3 is 16.0 Å². The normalized spacial score (nSPS) is 24.4. The van der Waals surface area contributed by atoms with Gasteiger partial charge in [-0.1, -0.05) is 23.9 Å². The molecule has 3 saturated heterocycles. The molecule has 0 spiro atoms. The molecular weight excluding hydrogens is 366 g/mol. The van der Waals surface area contributed by atoms with Gasteiger partial charge in [-0.15, -0.1) is 11.3 Å². The summed E-state index contributed by atoms with van der Waals surface area (Å²) < 4.78 is 0.970. The van der Waals surface area contributed by atoms with Crippen molar-refractivity contribution in [3.05, 3.63) is 46.8 Å². The number of nitrogens with one attached hydrogen (secondary N) is 1. The standard InChI is InChI=1S/C19H21N3O2S2/c20-18(23)13-3-1-2-4-15(13)25-17-6-5-16(26-17)19(24)21-14-11-22-9-7-12(14)8-10-22/h1-6,12,14H,7-11H2,(H2,20,23)(H,21,24). The molecule has 5 rings (SSSR count). The molecule has 4 heterocycles. The fourth-order valence-corrected chi connectivity index (χ4v) is 5.86. The molecule has 1 unspecified atom stereocenters. The Bertz CT molecular complexity index is 828. The van der Waals surface area contributed by atoms with Crippen LogP contribution in [0.2, 0.25) is 0 Å². The zero-order valence-electron chi connectivity index (χ0n) is 14.3. The van der Waals surface area contributed by atoms with E-state index in [4.69, 9.17) is 5.73 Å². The number of fused-ring (bicyclic) bond motifs is 3. The van der Waals surface area contributed by atoms with Crippen LogP contribution >= 0.6 is 23.1 Å². The first-order valence-corrected chi connectivity index (χ1v) is 10.4. The van der Waals surface area contributed by atoms with Crippen LogP contribution in [-0.2, 0) is 0 Å². The lowest BCUT2D eigenvalue weighted by molar-refractivity contribution is 0.0622. The molecule has 2 amide bonds. The summed E-state index contributed by atoms with van der Waals surface area (Å²) in [5, 5.41) is 3.22. The van der Waals surface area contributed by atoms with Gasteiger partial charge in [0.05, 0.1) is 14.6 Å². The lowest BCUT2D eigenvalue weighted by Crippen LogP contribution is -2.57. The molecule has 0 saturated carbocycles. The summed E-state index contributed by atoms with van der Waals surface area (Å²) in [6.45, 7) is 3.29. The van der Waals surface area contributed by atoms with E-state index in [9.17, 15) is 9.59 Å². The van der Waals surface area contributed by atoms with Gasteiger partial charge in [0.15, 0.2) is 0 Å². The molecule has 26 heavy (non-hydrogen) atoms. The van der Waals surface area contributed by atoms with Crippen molar-refractivity contribution < 1.29 is 9.59 Å². The summed E-state index contributed by atoms with van der Waals surface area (Å²) in [7, 11) is 0. The van der Waals surface area contributed by atoms with Crippen molar-refractivity contribution >= 4 is 34.9 Å². The van der Waals surface area contributed by atoms with Crippen LogP contribution in [0.1, 0.15) is 32.9 Å². The second-order valence-electron chi connectivity index (χ2n) is 6.80. The number of primary amides is 1. The van der Waals surface area contributed by atoms with E-state index in [0.717, 1.165) is 28.7 Å². The number of thiophene rings is 1. The highest BCUT2D eigenvalue weighted by Crippen LogP contribution is 2.35. The SMILES string of the molecule is NC(=O)c1ccccc1Sc1ccc(C(=O)NC2CN3CCC2CC3)s1. The minimum Gasteiger partial charge on any atom is -0.366 e. The van der Waals surface area contributed by atoms with E-state index in [1.165, 1.54) is 35.9 Å². The van der Waals surface area contributed by atoms with E-state index >= 15 is 0 Å². The molecule has 1 atom stereocenters. The number of carbonyl (C=O) groups excluding carboxylic acids is 2. The van der Waals surface area contributed by atoms with Crippen LogP contribution in [0, 0.1) is 5.92 Å². The van der Waals surface area contributed by atoms with Gasteiger partial charge >= 0.3 is 0 Å². The van der Waals surface area contributed by atoms with Crippen LogP contribution in [0.5, 0.6) is 0 Å². The third-order valence-corrected chi connectivity index (χ3v) is 7.43. The number of carbonyl (C=O) groups is 2. The summed E-state index contributed by atoms with van der Waals surface area (Å²) >= 11 is 2.92. The molecule has 0 radical (unpaired) electrons. The van der Waals surface area contributed by atoms with E-state index < -0.39 is 5.91 Å². The second-order valence-corrected chi connectivity index (χ2v) is 9.23. The smallest absolute Gasteiger partial charge is 0.261 e.